The molecule has 5 heteroatoms. The predicted molar refractivity (Wildman–Crippen MR) is 108 cm³/mol. The van der Waals surface area contributed by atoms with Gasteiger partial charge in [0.1, 0.15) is 4.90 Å². The van der Waals surface area contributed by atoms with Crippen LogP contribution in [-0.2, 0) is 16.4 Å². The molecule has 4 nitrogen and oxygen atoms in total. The Morgan fingerprint density at radius 1 is 0.926 bits per heavy atom. The second-order valence-electron chi connectivity index (χ2n) is 7.47. The number of hydrogen-bond acceptors (Lipinski definition) is 3. The highest BCUT2D eigenvalue weighted by Gasteiger charge is 2.36. The van der Waals surface area contributed by atoms with E-state index in [1.807, 2.05) is 42.5 Å². The topological polar surface area (TPSA) is 59.1 Å². The van der Waals surface area contributed by atoms with Crippen LogP contribution in [0.25, 0.3) is 10.9 Å². The number of fused-ring (bicyclic) bond motifs is 1. The Balaban J connectivity index is 1.66. The van der Waals surface area contributed by atoms with Crippen molar-refractivity contribution in [1.29, 1.82) is 0 Å². The van der Waals surface area contributed by atoms with Crippen LogP contribution in [0.4, 0.5) is 0 Å². The van der Waals surface area contributed by atoms with Crippen molar-refractivity contribution in [1.82, 2.24) is 9.71 Å². The molecule has 0 unspecified atom stereocenters. The van der Waals surface area contributed by atoms with E-state index >= 15 is 0 Å². The summed E-state index contributed by atoms with van der Waals surface area (Å²) in [6, 6.07) is 19.4. The van der Waals surface area contributed by atoms with Gasteiger partial charge >= 0.3 is 0 Å². The second-order valence-corrected chi connectivity index (χ2v) is 9.15. The lowest BCUT2D eigenvalue weighted by Crippen LogP contribution is -2.51. The van der Waals surface area contributed by atoms with Crippen LogP contribution in [-0.4, -0.2) is 18.9 Å². The summed E-state index contributed by atoms with van der Waals surface area (Å²) in [6.45, 7) is 0. The van der Waals surface area contributed by atoms with Crippen LogP contribution in [0.3, 0.4) is 0 Å². The number of nitrogens with one attached hydrogen (secondary N) is 1. The normalized spacial score (nSPS) is 17.0. The molecular weight excluding hydrogens is 356 g/mol. The molecule has 3 aromatic rings. The fourth-order valence-corrected chi connectivity index (χ4v) is 5.51. The Hall–Kier alpha value is -2.24. The van der Waals surface area contributed by atoms with E-state index in [0.717, 1.165) is 43.0 Å². The third-order valence-corrected chi connectivity index (χ3v) is 6.97. The highest BCUT2D eigenvalue weighted by Crippen LogP contribution is 2.33. The first-order valence-corrected chi connectivity index (χ1v) is 11.0. The van der Waals surface area contributed by atoms with Gasteiger partial charge in [-0.2, -0.15) is 0 Å². The van der Waals surface area contributed by atoms with Crippen molar-refractivity contribution in [3.8, 4) is 0 Å². The van der Waals surface area contributed by atoms with Gasteiger partial charge in [0.25, 0.3) is 0 Å². The van der Waals surface area contributed by atoms with Crippen molar-refractivity contribution < 1.29 is 8.42 Å². The molecular formula is C22H24N2O2S. The number of hydrogen-bond donors (Lipinski definition) is 1. The largest absolute Gasteiger partial charge is 0.255 e. The molecule has 0 spiro atoms. The van der Waals surface area contributed by atoms with Crippen molar-refractivity contribution in [3.05, 3.63) is 72.4 Å². The molecule has 1 aliphatic rings. The summed E-state index contributed by atoms with van der Waals surface area (Å²) in [6.07, 6.45) is 7.16. The van der Waals surface area contributed by atoms with Crippen LogP contribution >= 0.6 is 0 Å². The first-order chi connectivity index (χ1) is 13.1. The summed E-state index contributed by atoms with van der Waals surface area (Å²) >= 11 is 0. The van der Waals surface area contributed by atoms with E-state index in [4.69, 9.17) is 0 Å². The van der Waals surface area contributed by atoms with Crippen molar-refractivity contribution in [2.45, 2.75) is 49.0 Å². The zero-order valence-corrected chi connectivity index (χ0v) is 16.1. The number of benzene rings is 2. The van der Waals surface area contributed by atoms with E-state index < -0.39 is 15.6 Å². The lowest BCUT2D eigenvalue weighted by atomic mass is 9.78. The third-order valence-electron chi connectivity index (χ3n) is 5.42. The maximum absolute atomic E-state index is 13.2. The highest BCUT2D eigenvalue weighted by atomic mass is 32.2. The van der Waals surface area contributed by atoms with Gasteiger partial charge in [0.15, 0.2) is 0 Å². The second kappa shape index (κ2) is 7.41. The average molecular weight is 381 g/mol. The van der Waals surface area contributed by atoms with Gasteiger partial charge in [-0.25, -0.2) is 13.1 Å². The molecule has 1 aromatic heterocycles. The number of rotatable bonds is 5. The molecule has 0 amide bonds. The van der Waals surface area contributed by atoms with E-state index in [1.54, 1.807) is 6.07 Å². The minimum absolute atomic E-state index is 0.235. The van der Waals surface area contributed by atoms with Crippen LogP contribution in [0, 0.1) is 0 Å². The Morgan fingerprint density at radius 2 is 1.63 bits per heavy atom. The van der Waals surface area contributed by atoms with Gasteiger partial charge in [-0.15, -0.1) is 0 Å². The summed E-state index contributed by atoms with van der Waals surface area (Å²) < 4.78 is 29.4. The molecule has 1 aliphatic carbocycles. The van der Waals surface area contributed by atoms with E-state index in [2.05, 4.69) is 21.8 Å². The third kappa shape index (κ3) is 4.04. The van der Waals surface area contributed by atoms with Gasteiger partial charge in [-0.05, 0) is 37.0 Å². The van der Waals surface area contributed by atoms with E-state index in [0.29, 0.717) is 6.42 Å². The molecule has 0 saturated heterocycles. The maximum Gasteiger partial charge on any atom is 0.242 e. The Morgan fingerprint density at radius 3 is 2.41 bits per heavy atom. The molecule has 1 fully saturated rings. The summed E-state index contributed by atoms with van der Waals surface area (Å²) in [4.78, 5) is 4.56. The highest BCUT2D eigenvalue weighted by molar-refractivity contribution is 7.89. The molecule has 140 valence electrons. The fraction of sp³-hybridized carbons (Fsp3) is 0.318. The predicted octanol–water partition coefficient (Wildman–Crippen LogP) is 4.46. The van der Waals surface area contributed by atoms with Gasteiger partial charge in [0.05, 0.1) is 5.52 Å². The fourth-order valence-electron chi connectivity index (χ4n) is 4.07. The van der Waals surface area contributed by atoms with Crippen molar-refractivity contribution in [2.24, 2.45) is 0 Å². The summed E-state index contributed by atoms with van der Waals surface area (Å²) in [5.74, 6) is 0. The molecule has 0 aliphatic heterocycles. The molecule has 4 rings (SSSR count). The van der Waals surface area contributed by atoms with Gasteiger partial charge in [-0.1, -0.05) is 67.8 Å². The monoisotopic (exact) mass is 380 g/mol. The van der Waals surface area contributed by atoms with Crippen LogP contribution in [0.5, 0.6) is 0 Å². The number of pyridine rings is 1. The number of para-hydroxylation sites is 1. The van der Waals surface area contributed by atoms with Gasteiger partial charge in [0.2, 0.25) is 10.0 Å². The van der Waals surface area contributed by atoms with E-state index in [1.165, 1.54) is 11.8 Å². The van der Waals surface area contributed by atoms with Crippen molar-refractivity contribution in [2.75, 3.05) is 0 Å². The zero-order valence-electron chi connectivity index (χ0n) is 15.3. The Kier molecular flexibility index (Phi) is 4.98. The summed E-state index contributed by atoms with van der Waals surface area (Å²) in [5, 5.41) is 0.834. The maximum atomic E-state index is 13.2. The Labute approximate surface area is 160 Å². The summed E-state index contributed by atoms with van der Waals surface area (Å²) in [5.41, 5.74) is 1.54. The first-order valence-electron chi connectivity index (χ1n) is 9.49. The average Bonchev–Trinajstić information content (AvgIpc) is 2.68. The lowest BCUT2D eigenvalue weighted by Gasteiger charge is -2.38. The molecule has 1 N–H and O–H groups in total. The number of aromatic nitrogens is 1. The molecule has 1 saturated carbocycles. The molecule has 2 aromatic carbocycles. The lowest BCUT2D eigenvalue weighted by molar-refractivity contribution is 0.266. The van der Waals surface area contributed by atoms with Crippen molar-refractivity contribution in [3.63, 3.8) is 0 Å². The van der Waals surface area contributed by atoms with Crippen LogP contribution in [0.1, 0.15) is 37.7 Å². The minimum atomic E-state index is -3.64. The minimum Gasteiger partial charge on any atom is -0.255 e. The molecule has 0 bridgehead atoms. The van der Waals surface area contributed by atoms with Crippen molar-refractivity contribution >= 4 is 20.9 Å². The smallest absolute Gasteiger partial charge is 0.242 e. The zero-order chi connectivity index (χ0) is 18.7. The Bertz CT molecular complexity index is 1030. The van der Waals surface area contributed by atoms with Crippen LogP contribution < -0.4 is 4.72 Å². The van der Waals surface area contributed by atoms with Gasteiger partial charge < -0.3 is 0 Å². The molecule has 1 heterocycles. The standard InChI is InChI=1S/C22H24N2O2S/c25-27(26,20-15-19-11-5-6-12-21(19)23-17-20)24-22(13-7-2-8-14-22)16-18-9-3-1-4-10-18/h1,3-6,9-12,15,17,24H,2,7-8,13-14,16H2. The number of nitrogens with zero attached hydrogens (tertiary/aromatic N) is 1. The van der Waals surface area contributed by atoms with Gasteiger partial charge in [0, 0.05) is 17.1 Å². The molecule has 0 atom stereocenters. The SMILES string of the molecule is O=S(=O)(NC1(Cc2ccccc2)CCCCC1)c1cnc2ccccc2c1. The quantitative estimate of drug-likeness (QED) is 0.711. The molecule has 27 heavy (non-hydrogen) atoms. The van der Waals surface area contributed by atoms with Crippen LogP contribution in [0.2, 0.25) is 0 Å². The summed E-state index contributed by atoms with van der Waals surface area (Å²) in [7, 11) is -3.64. The molecule has 0 radical (unpaired) electrons. The van der Waals surface area contributed by atoms with E-state index in [9.17, 15) is 8.42 Å². The van der Waals surface area contributed by atoms with Gasteiger partial charge in [-0.3, -0.25) is 4.98 Å². The number of sulfonamides is 1. The van der Waals surface area contributed by atoms with E-state index in [-0.39, 0.29) is 4.90 Å². The van der Waals surface area contributed by atoms with Crippen LogP contribution in [0.15, 0.2) is 71.8 Å². The first kappa shape index (κ1) is 18.1.